The summed E-state index contributed by atoms with van der Waals surface area (Å²) in [6.07, 6.45) is 2.93. The van der Waals surface area contributed by atoms with Gasteiger partial charge in [-0.3, -0.25) is 0 Å². The Morgan fingerprint density at radius 1 is 0.767 bits per heavy atom. The van der Waals surface area contributed by atoms with E-state index in [4.69, 9.17) is 14.5 Å². The zero-order valence-electron chi connectivity index (χ0n) is 17.1. The van der Waals surface area contributed by atoms with Crippen molar-refractivity contribution >= 4 is 11.8 Å². The number of hydrogen-bond acceptors (Lipinski definition) is 4. The van der Waals surface area contributed by atoms with Crippen LogP contribution in [0.1, 0.15) is 16.8 Å². The third-order valence-electron chi connectivity index (χ3n) is 4.80. The molecule has 0 fully saturated rings. The van der Waals surface area contributed by atoms with E-state index in [1.165, 1.54) is 16.0 Å². The van der Waals surface area contributed by atoms with Gasteiger partial charge in [0, 0.05) is 24.1 Å². The molecular weight excluding hydrogens is 392 g/mol. The van der Waals surface area contributed by atoms with E-state index in [1.807, 2.05) is 30.3 Å². The lowest BCUT2D eigenvalue weighted by molar-refractivity contribution is 0.414. The van der Waals surface area contributed by atoms with E-state index in [1.54, 1.807) is 26.0 Å². The summed E-state index contributed by atoms with van der Waals surface area (Å²) in [5.41, 5.74) is 3.47. The van der Waals surface area contributed by atoms with Crippen LogP contribution in [0.3, 0.4) is 0 Å². The van der Waals surface area contributed by atoms with Crippen LogP contribution >= 0.6 is 11.8 Å². The van der Waals surface area contributed by atoms with Gasteiger partial charge in [0.25, 0.3) is 0 Å². The van der Waals surface area contributed by atoms with Gasteiger partial charge in [-0.2, -0.15) is 0 Å². The normalized spacial score (nSPS) is 10.7. The Bertz CT molecular complexity index is 1070. The van der Waals surface area contributed by atoms with E-state index in [2.05, 4.69) is 59.3 Å². The molecule has 5 heteroatoms. The van der Waals surface area contributed by atoms with Gasteiger partial charge >= 0.3 is 0 Å². The first kappa shape index (κ1) is 20.1. The Morgan fingerprint density at radius 3 is 1.97 bits per heavy atom. The fourth-order valence-corrected chi connectivity index (χ4v) is 4.11. The maximum absolute atomic E-state index is 5.28. The van der Waals surface area contributed by atoms with Crippen molar-refractivity contribution in [3.05, 3.63) is 102 Å². The fourth-order valence-electron chi connectivity index (χ4n) is 3.21. The summed E-state index contributed by atoms with van der Waals surface area (Å²) in [6.45, 7) is 0.759. The average Bonchev–Trinajstić information content (AvgIpc) is 3.16. The van der Waals surface area contributed by atoms with E-state index in [9.17, 15) is 0 Å². The molecule has 0 radical (unpaired) electrons. The zero-order chi connectivity index (χ0) is 20.8. The van der Waals surface area contributed by atoms with Crippen LogP contribution in [0.25, 0.3) is 0 Å². The first-order chi connectivity index (χ1) is 14.7. The molecule has 3 aromatic carbocycles. The van der Waals surface area contributed by atoms with E-state index in [-0.39, 0.29) is 0 Å². The highest BCUT2D eigenvalue weighted by Crippen LogP contribution is 2.28. The molecule has 1 aromatic heterocycles. The van der Waals surface area contributed by atoms with Gasteiger partial charge in [0.05, 0.1) is 19.9 Å². The molecule has 4 rings (SSSR count). The molecule has 4 aromatic rings. The monoisotopic (exact) mass is 416 g/mol. The van der Waals surface area contributed by atoms with Crippen LogP contribution in [-0.4, -0.2) is 23.8 Å². The second-order valence-electron chi connectivity index (χ2n) is 6.93. The van der Waals surface area contributed by atoms with Gasteiger partial charge in [0.1, 0.15) is 11.5 Å². The van der Waals surface area contributed by atoms with Gasteiger partial charge in [0.15, 0.2) is 5.16 Å². The zero-order valence-corrected chi connectivity index (χ0v) is 17.9. The van der Waals surface area contributed by atoms with Crippen LogP contribution in [0.4, 0.5) is 0 Å². The van der Waals surface area contributed by atoms with Crippen molar-refractivity contribution in [2.75, 3.05) is 14.2 Å². The van der Waals surface area contributed by atoms with Crippen molar-refractivity contribution in [2.45, 2.75) is 23.0 Å². The smallest absolute Gasteiger partial charge is 0.173 e. The van der Waals surface area contributed by atoms with Gasteiger partial charge in [-0.05, 0) is 47.5 Å². The second kappa shape index (κ2) is 9.55. The molecule has 0 saturated heterocycles. The quantitative estimate of drug-likeness (QED) is 0.370. The predicted molar refractivity (Wildman–Crippen MR) is 121 cm³/mol. The van der Waals surface area contributed by atoms with E-state index in [0.29, 0.717) is 0 Å². The first-order valence-electron chi connectivity index (χ1n) is 9.78. The summed E-state index contributed by atoms with van der Waals surface area (Å²) in [6, 6.07) is 26.7. The molecule has 152 valence electrons. The Morgan fingerprint density at radius 2 is 1.37 bits per heavy atom. The number of aromatic nitrogens is 2. The molecule has 0 spiro atoms. The van der Waals surface area contributed by atoms with Crippen molar-refractivity contribution in [1.82, 2.24) is 9.55 Å². The summed E-state index contributed by atoms with van der Waals surface area (Å²) in [5, 5.41) is 0.987. The number of methoxy groups -OCH3 is 2. The number of rotatable bonds is 8. The van der Waals surface area contributed by atoms with Crippen LogP contribution in [0.15, 0.2) is 95.1 Å². The molecule has 0 aliphatic heterocycles. The number of ether oxygens (including phenoxy) is 2. The highest BCUT2D eigenvalue weighted by molar-refractivity contribution is 7.99. The van der Waals surface area contributed by atoms with Crippen molar-refractivity contribution < 1.29 is 9.47 Å². The van der Waals surface area contributed by atoms with Crippen LogP contribution < -0.4 is 9.47 Å². The molecule has 0 aliphatic carbocycles. The first-order valence-corrected chi connectivity index (χ1v) is 10.6. The lowest BCUT2D eigenvalue weighted by Gasteiger charge is -2.08. The molecule has 1 heterocycles. The molecule has 0 N–H and O–H groups in total. The lowest BCUT2D eigenvalue weighted by Crippen LogP contribution is -2.00. The van der Waals surface area contributed by atoms with Gasteiger partial charge < -0.3 is 14.0 Å². The molecule has 0 saturated carbocycles. The van der Waals surface area contributed by atoms with Crippen molar-refractivity contribution in [3.8, 4) is 11.5 Å². The number of hydrogen-bond donors (Lipinski definition) is 0. The summed E-state index contributed by atoms with van der Waals surface area (Å²) >= 11 is 1.69. The van der Waals surface area contributed by atoms with Crippen molar-refractivity contribution in [3.63, 3.8) is 0 Å². The van der Waals surface area contributed by atoms with Gasteiger partial charge in [0.2, 0.25) is 0 Å². The molecule has 0 unspecified atom stereocenters. The summed E-state index contributed by atoms with van der Waals surface area (Å²) in [5.74, 6) is 1.73. The van der Waals surface area contributed by atoms with E-state index >= 15 is 0 Å². The number of benzene rings is 3. The van der Waals surface area contributed by atoms with E-state index in [0.717, 1.165) is 35.3 Å². The minimum absolute atomic E-state index is 0.759. The maximum Gasteiger partial charge on any atom is 0.173 e. The average molecular weight is 417 g/mol. The highest BCUT2D eigenvalue weighted by atomic mass is 32.2. The van der Waals surface area contributed by atoms with Crippen molar-refractivity contribution in [1.29, 1.82) is 0 Å². The van der Waals surface area contributed by atoms with Gasteiger partial charge in [-0.25, -0.2) is 4.98 Å². The third-order valence-corrected chi connectivity index (χ3v) is 5.81. The summed E-state index contributed by atoms with van der Waals surface area (Å²) < 4.78 is 12.8. The summed E-state index contributed by atoms with van der Waals surface area (Å²) in [4.78, 5) is 6.12. The molecule has 0 bridgehead atoms. The minimum atomic E-state index is 0.759. The standard InChI is InChI=1S/C25H24N2O2S/c1-28-22-12-8-19(9-13-22)16-21-18-27(17-20-10-14-23(29-2)15-11-20)25(26-21)30-24-6-4-3-5-7-24/h3-15,18H,16-17H2,1-2H3. The molecule has 4 nitrogen and oxygen atoms in total. The Balaban J connectivity index is 1.59. The lowest BCUT2D eigenvalue weighted by atomic mass is 10.1. The summed E-state index contributed by atoms with van der Waals surface area (Å²) in [7, 11) is 3.37. The molecular formula is C25H24N2O2S. The van der Waals surface area contributed by atoms with Gasteiger partial charge in [-0.1, -0.05) is 54.2 Å². The fraction of sp³-hybridized carbons (Fsp3) is 0.160. The maximum atomic E-state index is 5.28. The molecule has 0 amide bonds. The van der Waals surface area contributed by atoms with Crippen LogP contribution in [-0.2, 0) is 13.0 Å². The second-order valence-corrected chi connectivity index (χ2v) is 7.97. The Kier molecular flexibility index (Phi) is 6.40. The molecule has 30 heavy (non-hydrogen) atoms. The SMILES string of the molecule is COc1ccc(Cc2cn(Cc3ccc(OC)cc3)c(Sc3ccccc3)n2)cc1. The molecule has 0 atom stereocenters. The van der Waals surface area contributed by atoms with Crippen LogP contribution in [0, 0.1) is 0 Å². The topological polar surface area (TPSA) is 36.3 Å². The minimum Gasteiger partial charge on any atom is -0.497 e. The predicted octanol–water partition coefficient (Wildman–Crippen LogP) is 5.69. The third kappa shape index (κ3) is 5.05. The Labute approximate surface area is 181 Å². The largest absolute Gasteiger partial charge is 0.497 e. The number of imidazole rings is 1. The number of nitrogens with zero attached hydrogens (tertiary/aromatic N) is 2. The Hall–Kier alpha value is -3.18. The molecule has 0 aliphatic rings. The van der Waals surface area contributed by atoms with Gasteiger partial charge in [-0.15, -0.1) is 0 Å². The van der Waals surface area contributed by atoms with Crippen LogP contribution in [0.2, 0.25) is 0 Å². The highest BCUT2D eigenvalue weighted by Gasteiger charge is 2.11. The van der Waals surface area contributed by atoms with Crippen molar-refractivity contribution in [2.24, 2.45) is 0 Å². The van der Waals surface area contributed by atoms with E-state index < -0.39 is 0 Å². The van der Waals surface area contributed by atoms with Crippen LogP contribution in [0.5, 0.6) is 11.5 Å².